The van der Waals surface area contributed by atoms with Crippen molar-refractivity contribution in [2.75, 3.05) is 12.3 Å². The van der Waals surface area contributed by atoms with Crippen LogP contribution in [0.5, 0.6) is 0 Å². The molecule has 2 aromatic carbocycles. The van der Waals surface area contributed by atoms with Crippen molar-refractivity contribution in [1.82, 2.24) is 4.90 Å². The molecule has 2 aromatic rings. The van der Waals surface area contributed by atoms with Crippen LogP contribution in [0, 0.1) is 17.1 Å². The monoisotopic (exact) mass is 283 g/mol. The van der Waals surface area contributed by atoms with Gasteiger partial charge in [-0.3, -0.25) is 4.90 Å². The minimum Gasteiger partial charge on any atom is -0.398 e. The second kappa shape index (κ2) is 6.87. The predicted octanol–water partition coefficient (Wildman–Crippen LogP) is 3.30. The molecule has 0 aliphatic rings. The maximum atomic E-state index is 13.3. The normalized spacial score (nSPS) is 10.6. The SMILES string of the molecule is CCN(Cc1ccc(F)c(C#N)c1)Cc1ccccc1N. The molecule has 0 heterocycles. The molecule has 0 saturated carbocycles. The quantitative estimate of drug-likeness (QED) is 0.857. The molecule has 0 saturated heterocycles. The molecule has 0 amide bonds. The summed E-state index contributed by atoms with van der Waals surface area (Å²) in [4.78, 5) is 2.19. The van der Waals surface area contributed by atoms with Crippen LogP contribution in [0.15, 0.2) is 42.5 Å². The molecule has 0 aliphatic carbocycles. The van der Waals surface area contributed by atoms with E-state index in [4.69, 9.17) is 11.0 Å². The smallest absolute Gasteiger partial charge is 0.140 e. The Labute approximate surface area is 124 Å². The van der Waals surface area contributed by atoms with Gasteiger partial charge in [-0.1, -0.05) is 31.2 Å². The molecule has 21 heavy (non-hydrogen) atoms. The molecule has 0 spiro atoms. The van der Waals surface area contributed by atoms with Gasteiger partial charge in [-0.2, -0.15) is 5.26 Å². The van der Waals surface area contributed by atoms with Crippen LogP contribution in [0.2, 0.25) is 0 Å². The predicted molar refractivity (Wildman–Crippen MR) is 81.8 cm³/mol. The summed E-state index contributed by atoms with van der Waals surface area (Å²) in [6.07, 6.45) is 0. The maximum absolute atomic E-state index is 13.3. The third kappa shape index (κ3) is 3.80. The van der Waals surface area contributed by atoms with Crippen LogP contribution in [0.3, 0.4) is 0 Å². The van der Waals surface area contributed by atoms with Crippen LogP contribution >= 0.6 is 0 Å². The second-order valence-electron chi connectivity index (χ2n) is 4.93. The van der Waals surface area contributed by atoms with E-state index in [0.717, 1.165) is 29.9 Å². The minimum atomic E-state index is -0.475. The maximum Gasteiger partial charge on any atom is 0.140 e. The molecule has 4 heteroatoms. The van der Waals surface area contributed by atoms with Crippen LogP contribution in [0.1, 0.15) is 23.6 Å². The zero-order valence-electron chi connectivity index (χ0n) is 12.0. The number of hydrogen-bond acceptors (Lipinski definition) is 3. The highest BCUT2D eigenvalue weighted by Gasteiger charge is 2.09. The van der Waals surface area contributed by atoms with Crippen molar-refractivity contribution in [3.63, 3.8) is 0 Å². The van der Waals surface area contributed by atoms with Gasteiger partial charge in [0.05, 0.1) is 5.56 Å². The first-order chi connectivity index (χ1) is 10.1. The van der Waals surface area contributed by atoms with Gasteiger partial charge in [-0.15, -0.1) is 0 Å². The van der Waals surface area contributed by atoms with Gasteiger partial charge in [0.15, 0.2) is 0 Å². The molecule has 3 nitrogen and oxygen atoms in total. The highest BCUT2D eigenvalue weighted by molar-refractivity contribution is 5.46. The standard InChI is InChI=1S/C17H18FN3/c1-2-21(12-14-5-3-4-6-17(14)20)11-13-7-8-16(18)15(9-13)10-19/h3-9H,2,11-12,20H2,1H3. The van der Waals surface area contributed by atoms with Crippen molar-refractivity contribution in [2.24, 2.45) is 0 Å². The molecule has 0 atom stereocenters. The largest absolute Gasteiger partial charge is 0.398 e. The number of rotatable bonds is 5. The Morgan fingerprint density at radius 3 is 2.62 bits per heavy atom. The minimum absolute atomic E-state index is 0.0859. The van der Waals surface area contributed by atoms with Gasteiger partial charge in [0, 0.05) is 18.8 Å². The Bertz CT molecular complexity index is 661. The third-order valence-corrected chi connectivity index (χ3v) is 3.45. The summed E-state index contributed by atoms with van der Waals surface area (Å²) in [6, 6.07) is 14.3. The number of halogens is 1. The van der Waals surface area contributed by atoms with Crippen molar-refractivity contribution >= 4 is 5.69 Å². The summed E-state index contributed by atoms with van der Waals surface area (Å²) in [5, 5.41) is 8.89. The summed E-state index contributed by atoms with van der Waals surface area (Å²) in [5.74, 6) is -0.475. The lowest BCUT2D eigenvalue weighted by Gasteiger charge is -2.21. The van der Waals surface area contributed by atoms with E-state index in [1.165, 1.54) is 6.07 Å². The summed E-state index contributed by atoms with van der Waals surface area (Å²) >= 11 is 0. The van der Waals surface area contributed by atoms with Crippen molar-refractivity contribution < 1.29 is 4.39 Å². The van der Waals surface area contributed by atoms with E-state index in [1.807, 2.05) is 30.3 Å². The highest BCUT2D eigenvalue weighted by atomic mass is 19.1. The Kier molecular flexibility index (Phi) is 4.91. The molecule has 2 N–H and O–H groups in total. The zero-order chi connectivity index (χ0) is 15.2. The molecule has 0 bridgehead atoms. The van der Waals surface area contributed by atoms with E-state index in [9.17, 15) is 4.39 Å². The lowest BCUT2D eigenvalue weighted by Crippen LogP contribution is -2.23. The summed E-state index contributed by atoms with van der Waals surface area (Å²) in [6.45, 7) is 4.28. The Hall–Kier alpha value is -2.38. The number of nitrogen functional groups attached to an aromatic ring is 1. The van der Waals surface area contributed by atoms with Gasteiger partial charge in [0.1, 0.15) is 11.9 Å². The molecule has 2 rings (SSSR count). The van der Waals surface area contributed by atoms with Crippen LogP contribution in [0.4, 0.5) is 10.1 Å². The van der Waals surface area contributed by atoms with E-state index >= 15 is 0 Å². The van der Waals surface area contributed by atoms with E-state index in [-0.39, 0.29) is 5.56 Å². The first kappa shape index (κ1) is 15.0. The van der Waals surface area contributed by atoms with Crippen LogP contribution in [0.25, 0.3) is 0 Å². The fourth-order valence-corrected chi connectivity index (χ4v) is 2.21. The van der Waals surface area contributed by atoms with Gasteiger partial charge in [0.25, 0.3) is 0 Å². The van der Waals surface area contributed by atoms with Crippen LogP contribution < -0.4 is 5.73 Å². The van der Waals surface area contributed by atoms with Crippen molar-refractivity contribution in [2.45, 2.75) is 20.0 Å². The van der Waals surface area contributed by atoms with E-state index < -0.39 is 5.82 Å². The Morgan fingerprint density at radius 1 is 1.19 bits per heavy atom. The molecule has 0 unspecified atom stereocenters. The first-order valence-electron chi connectivity index (χ1n) is 6.88. The number of para-hydroxylation sites is 1. The lowest BCUT2D eigenvalue weighted by atomic mass is 10.1. The van der Waals surface area contributed by atoms with Gasteiger partial charge in [-0.05, 0) is 35.9 Å². The summed E-state index contributed by atoms with van der Waals surface area (Å²) in [7, 11) is 0. The lowest BCUT2D eigenvalue weighted by molar-refractivity contribution is 0.272. The molecule has 0 aromatic heterocycles. The highest BCUT2D eigenvalue weighted by Crippen LogP contribution is 2.16. The Morgan fingerprint density at radius 2 is 1.95 bits per heavy atom. The van der Waals surface area contributed by atoms with Gasteiger partial charge in [0.2, 0.25) is 0 Å². The average molecular weight is 283 g/mol. The number of anilines is 1. The second-order valence-corrected chi connectivity index (χ2v) is 4.93. The number of nitrogens with two attached hydrogens (primary N) is 1. The molecule has 0 aliphatic heterocycles. The van der Waals surface area contributed by atoms with Gasteiger partial charge >= 0.3 is 0 Å². The summed E-state index contributed by atoms with van der Waals surface area (Å²) < 4.78 is 13.3. The van der Waals surface area contributed by atoms with Crippen molar-refractivity contribution in [3.8, 4) is 6.07 Å². The number of hydrogen-bond donors (Lipinski definition) is 1. The van der Waals surface area contributed by atoms with Crippen molar-refractivity contribution in [1.29, 1.82) is 5.26 Å². The van der Waals surface area contributed by atoms with E-state index in [1.54, 1.807) is 12.1 Å². The number of nitrogens with zero attached hydrogens (tertiary/aromatic N) is 2. The summed E-state index contributed by atoms with van der Waals surface area (Å²) in [5.41, 5.74) is 8.81. The first-order valence-corrected chi connectivity index (χ1v) is 6.88. The van der Waals surface area contributed by atoms with Crippen LogP contribution in [-0.4, -0.2) is 11.4 Å². The Balaban J connectivity index is 2.13. The molecule has 0 fully saturated rings. The number of benzene rings is 2. The van der Waals surface area contributed by atoms with Gasteiger partial charge < -0.3 is 5.73 Å². The molecular formula is C17H18FN3. The van der Waals surface area contributed by atoms with E-state index in [0.29, 0.717) is 6.54 Å². The molecule has 0 radical (unpaired) electrons. The fourth-order valence-electron chi connectivity index (χ4n) is 2.21. The van der Waals surface area contributed by atoms with Gasteiger partial charge in [-0.25, -0.2) is 4.39 Å². The molecular weight excluding hydrogens is 265 g/mol. The van der Waals surface area contributed by atoms with E-state index in [2.05, 4.69) is 11.8 Å². The topological polar surface area (TPSA) is 53.0 Å². The number of nitriles is 1. The fraction of sp³-hybridized carbons (Fsp3) is 0.235. The van der Waals surface area contributed by atoms with Crippen molar-refractivity contribution in [3.05, 3.63) is 65.0 Å². The average Bonchev–Trinajstić information content (AvgIpc) is 2.50. The van der Waals surface area contributed by atoms with Crippen LogP contribution in [-0.2, 0) is 13.1 Å². The zero-order valence-corrected chi connectivity index (χ0v) is 12.0. The third-order valence-electron chi connectivity index (χ3n) is 3.45. The molecule has 108 valence electrons.